The molecule has 4 nitrogen and oxygen atoms in total. The number of anilines is 2. The quantitative estimate of drug-likeness (QED) is 0.926. The Kier molecular flexibility index (Phi) is 4.90. The molecule has 0 saturated carbocycles. The van der Waals surface area contributed by atoms with Gasteiger partial charge in [-0.25, -0.2) is 0 Å². The lowest BCUT2D eigenvalue weighted by atomic mass is 10.0. The molecule has 1 saturated heterocycles. The Balaban J connectivity index is 1.82. The van der Waals surface area contributed by atoms with E-state index in [1.54, 1.807) is 0 Å². The highest BCUT2D eigenvalue weighted by atomic mass is 16.2. The maximum atomic E-state index is 12.8. The van der Waals surface area contributed by atoms with Crippen molar-refractivity contribution in [3.05, 3.63) is 23.3 Å². The maximum Gasteiger partial charge on any atom is 0.249 e. The second-order valence-corrected chi connectivity index (χ2v) is 6.95. The molecular formula is C19H29N3O. The molecule has 1 unspecified atom stereocenters. The van der Waals surface area contributed by atoms with Crippen molar-refractivity contribution in [3.8, 4) is 0 Å². The fraction of sp³-hybridized carbons (Fsp3) is 0.632. The summed E-state index contributed by atoms with van der Waals surface area (Å²) in [5.41, 5.74) is 4.69. The number of hydrogen-bond donors (Lipinski definition) is 1. The van der Waals surface area contributed by atoms with E-state index >= 15 is 0 Å². The summed E-state index contributed by atoms with van der Waals surface area (Å²) in [5, 5.41) is 3.43. The van der Waals surface area contributed by atoms with Gasteiger partial charge in [0.25, 0.3) is 0 Å². The van der Waals surface area contributed by atoms with Crippen LogP contribution < -0.4 is 10.2 Å². The van der Waals surface area contributed by atoms with Gasteiger partial charge in [0.2, 0.25) is 5.91 Å². The number of nitrogens with one attached hydrogen (secondary N) is 1. The molecule has 1 amide bonds. The zero-order valence-electron chi connectivity index (χ0n) is 14.7. The van der Waals surface area contributed by atoms with E-state index in [1.807, 2.05) is 4.90 Å². The number of hydrogen-bond acceptors (Lipinski definition) is 3. The molecule has 1 fully saturated rings. The molecule has 2 aliphatic heterocycles. The number of fused-ring (bicyclic) bond motifs is 1. The highest BCUT2D eigenvalue weighted by molar-refractivity contribution is 6.05. The minimum Gasteiger partial charge on any atom is -0.372 e. The third-order valence-corrected chi connectivity index (χ3v) is 5.29. The van der Waals surface area contributed by atoms with Gasteiger partial charge < -0.3 is 15.1 Å². The molecule has 1 N–H and O–H groups in total. The second-order valence-electron chi connectivity index (χ2n) is 6.95. The van der Waals surface area contributed by atoms with E-state index in [2.05, 4.69) is 43.1 Å². The van der Waals surface area contributed by atoms with Gasteiger partial charge in [0, 0.05) is 13.1 Å². The van der Waals surface area contributed by atoms with Crippen LogP contribution in [-0.2, 0) is 4.79 Å². The first-order valence-corrected chi connectivity index (χ1v) is 9.01. The van der Waals surface area contributed by atoms with Crippen molar-refractivity contribution in [3.63, 3.8) is 0 Å². The minimum atomic E-state index is -0.0917. The van der Waals surface area contributed by atoms with E-state index in [0.29, 0.717) is 0 Å². The molecule has 2 aliphatic rings. The van der Waals surface area contributed by atoms with Crippen molar-refractivity contribution in [1.82, 2.24) is 4.90 Å². The molecule has 0 aliphatic carbocycles. The summed E-state index contributed by atoms with van der Waals surface area (Å²) >= 11 is 0. The SMILES string of the molecule is CCC1Nc2cc(C)c(C)cc2N(CCN2CCCCC2)C1=O. The lowest BCUT2D eigenvalue weighted by molar-refractivity contribution is -0.119. The smallest absolute Gasteiger partial charge is 0.249 e. The van der Waals surface area contributed by atoms with E-state index < -0.39 is 0 Å². The Morgan fingerprint density at radius 3 is 2.48 bits per heavy atom. The maximum absolute atomic E-state index is 12.8. The summed E-state index contributed by atoms with van der Waals surface area (Å²) in [6.45, 7) is 10.5. The lowest BCUT2D eigenvalue weighted by Crippen LogP contribution is -2.49. The van der Waals surface area contributed by atoms with E-state index in [1.165, 1.54) is 43.5 Å². The first-order valence-electron chi connectivity index (χ1n) is 9.01. The van der Waals surface area contributed by atoms with Crippen molar-refractivity contribution in [2.45, 2.75) is 52.5 Å². The van der Waals surface area contributed by atoms with Crippen LogP contribution in [0.15, 0.2) is 12.1 Å². The third-order valence-electron chi connectivity index (χ3n) is 5.29. The number of carbonyl (C=O) groups is 1. The molecule has 0 bridgehead atoms. The van der Waals surface area contributed by atoms with E-state index in [0.717, 1.165) is 30.9 Å². The molecule has 0 aromatic heterocycles. The molecule has 2 heterocycles. The molecule has 4 heteroatoms. The first-order chi connectivity index (χ1) is 11.1. The number of carbonyl (C=O) groups excluding carboxylic acids is 1. The number of aryl methyl sites for hydroxylation is 2. The van der Waals surface area contributed by atoms with Crippen molar-refractivity contribution < 1.29 is 4.79 Å². The standard InChI is InChI=1S/C19H29N3O/c1-4-16-19(23)22(11-10-21-8-6-5-7-9-21)18-13-15(3)14(2)12-17(18)20-16/h12-13,16,20H,4-11H2,1-3H3. The summed E-state index contributed by atoms with van der Waals surface area (Å²) in [6, 6.07) is 4.26. The number of amides is 1. The number of nitrogens with zero attached hydrogens (tertiary/aromatic N) is 2. The summed E-state index contributed by atoms with van der Waals surface area (Å²) in [4.78, 5) is 17.3. The van der Waals surface area contributed by atoms with Crippen LogP contribution in [0.4, 0.5) is 11.4 Å². The Hall–Kier alpha value is -1.55. The van der Waals surface area contributed by atoms with Gasteiger partial charge in [0.1, 0.15) is 6.04 Å². The Morgan fingerprint density at radius 2 is 1.78 bits per heavy atom. The number of piperidine rings is 1. The predicted octanol–water partition coefficient (Wildman–Crippen LogP) is 3.33. The normalized spacial score (nSPS) is 22.0. The highest BCUT2D eigenvalue weighted by Gasteiger charge is 2.31. The average Bonchev–Trinajstić information content (AvgIpc) is 2.56. The fourth-order valence-electron chi connectivity index (χ4n) is 3.63. The van der Waals surface area contributed by atoms with Crippen molar-refractivity contribution >= 4 is 17.3 Å². The lowest BCUT2D eigenvalue weighted by Gasteiger charge is -2.37. The van der Waals surface area contributed by atoms with Gasteiger partial charge in [-0.1, -0.05) is 13.3 Å². The van der Waals surface area contributed by atoms with E-state index in [4.69, 9.17) is 0 Å². The molecule has 0 spiro atoms. The van der Waals surface area contributed by atoms with Crippen LogP contribution in [0, 0.1) is 13.8 Å². The fourth-order valence-corrected chi connectivity index (χ4v) is 3.63. The monoisotopic (exact) mass is 315 g/mol. The van der Waals surface area contributed by atoms with Crippen LogP contribution in [0.25, 0.3) is 0 Å². The largest absolute Gasteiger partial charge is 0.372 e. The third kappa shape index (κ3) is 3.37. The van der Waals surface area contributed by atoms with Crippen LogP contribution in [0.2, 0.25) is 0 Å². The van der Waals surface area contributed by atoms with Crippen LogP contribution in [0.5, 0.6) is 0 Å². The van der Waals surface area contributed by atoms with Crippen LogP contribution >= 0.6 is 0 Å². The summed E-state index contributed by atoms with van der Waals surface area (Å²) < 4.78 is 0. The van der Waals surface area contributed by atoms with Gasteiger partial charge in [-0.05, 0) is 69.5 Å². The zero-order chi connectivity index (χ0) is 16.4. The summed E-state index contributed by atoms with van der Waals surface area (Å²) in [6.07, 6.45) is 4.76. The number of benzene rings is 1. The molecule has 23 heavy (non-hydrogen) atoms. The van der Waals surface area contributed by atoms with Crippen LogP contribution in [0.1, 0.15) is 43.7 Å². The molecular weight excluding hydrogens is 286 g/mol. The van der Waals surface area contributed by atoms with E-state index in [-0.39, 0.29) is 11.9 Å². The molecule has 1 atom stereocenters. The molecule has 3 rings (SSSR count). The van der Waals surface area contributed by atoms with Gasteiger partial charge in [0.15, 0.2) is 0 Å². The van der Waals surface area contributed by atoms with Gasteiger partial charge in [-0.3, -0.25) is 4.79 Å². The second kappa shape index (κ2) is 6.91. The van der Waals surface area contributed by atoms with Crippen molar-refractivity contribution in [1.29, 1.82) is 0 Å². The topological polar surface area (TPSA) is 35.6 Å². The van der Waals surface area contributed by atoms with E-state index in [9.17, 15) is 4.79 Å². The minimum absolute atomic E-state index is 0.0917. The summed E-state index contributed by atoms with van der Waals surface area (Å²) in [7, 11) is 0. The van der Waals surface area contributed by atoms with Gasteiger partial charge in [0.05, 0.1) is 11.4 Å². The molecule has 126 valence electrons. The molecule has 1 aromatic carbocycles. The Bertz CT molecular complexity index is 578. The van der Waals surface area contributed by atoms with Crippen LogP contribution in [-0.4, -0.2) is 43.0 Å². The molecule has 1 aromatic rings. The van der Waals surface area contributed by atoms with Crippen molar-refractivity contribution in [2.24, 2.45) is 0 Å². The predicted molar refractivity (Wildman–Crippen MR) is 96.3 cm³/mol. The number of likely N-dealkylation sites (tertiary alicyclic amines) is 1. The zero-order valence-corrected chi connectivity index (χ0v) is 14.7. The molecule has 0 radical (unpaired) electrons. The van der Waals surface area contributed by atoms with Crippen molar-refractivity contribution in [2.75, 3.05) is 36.4 Å². The summed E-state index contributed by atoms with van der Waals surface area (Å²) in [5.74, 6) is 0.222. The number of rotatable bonds is 4. The Labute approximate surface area is 139 Å². The van der Waals surface area contributed by atoms with Crippen LogP contribution in [0.3, 0.4) is 0 Å². The van der Waals surface area contributed by atoms with Gasteiger partial charge in [-0.2, -0.15) is 0 Å². The Morgan fingerprint density at radius 1 is 1.09 bits per heavy atom. The highest BCUT2D eigenvalue weighted by Crippen LogP contribution is 2.34. The average molecular weight is 315 g/mol. The van der Waals surface area contributed by atoms with Gasteiger partial charge >= 0.3 is 0 Å². The first kappa shape index (κ1) is 16.3. The van der Waals surface area contributed by atoms with Gasteiger partial charge in [-0.15, -0.1) is 0 Å².